The van der Waals surface area contributed by atoms with Crippen molar-refractivity contribution in [3.8, 4) is 6.07 Å². The van der Waals surface area contributed by atoms with E-state index in [2.05, 4.69) is 56.1 Å². The summed E-state index contributed by atoms with van der Waals surface area (Å²) in [5.41, 5.74) is 4.12. The average Bonchev–Trinajstić information content (AvgIpc) is 3.19. The Balaban J connectivity index is 1.61. The van der Waals surface area contributed by atoms with Gasteiger partial charge in [-0.2, -0.15) is 5.26 Å². The topological polar surface area (TPSA) is 64.7 Å². The molecule has 2 saturated heterocycles. The largest absolute Gasteiger partial charge is 0.382 e. The third kappa shape index (κ3) is 5.19. The smallest absolute Gasteiger partial charge is 0.222 e. The fraction of sp³-hybridized carbons (Fsp3) is 0.500. The molecule has 0 N–H and O–H groups in total. The van der Waals surface area contributed by atoms with Gasteiger partial charge in [-0.05, 0) is 43.5 Å². The molecule has 9 heteroatoms. The Bertz CT molecular complexity index is 1090. The van der Waals surface area contributed by atoms with Crippen molar-refractivity contribution in [3.05, 3.63) is 41.2 Å². The highest BCUT2D eigenvalue weighted by molar-refractivity contribution is 14.2. The molecule has 0 bridgehead atoms. The highest BCUT2D eigenvalue weighted by Crippen LogP contribution is 2.35. The number of ketones is 1. The van der Waals surface area contributed by atoms with Crippen LogP contribution in [0.1, 0.15) is 28.9 Å². The third-order valence-electron chi connectivity index (χ3n) is 6.50. The van der Waals surface area contributed by atoms with Crippen LogP contribution in [-0.4, -0.2) is 79.1 Å². The zero-order valence-electron chi connectivity index (χ0n) is 19.4. The van der Waals surface area contributed by atoms with Gasteiger partial charge in [0.1, 0.15) is 17.3 Å². The summed E-state index contributed by atoms with van der Waals surface area (Å²) in [5.74, 6) is -0.253. The molecule has 2 fully saturated rings. The number of Topliss-reactive ketones (excluding diaryl/α,β-unsaturated/α-hetero) is 1. The van der Waals surface area contributed by atoms with Gasteiger partial charge in [0.05, 0.1) is 18.7 Å². The normalized spacial score (nSPS) is 18.5. The molecule has 4 rings (SSSR count). The number of piperidine rings is 1. The Labute approximate surface area is 212 Å². The third-order valence-corrected chi connectivity index (χ3v) is 8.21. The highest BCUT2D eigenvalue weighted by Gasteiger charge is 2.27. The number of hydrogen-bond acceptors (Lipinski definition) is 7. The number of hydrogen-bond donors (Lipinski definition) is 0. The summed E-state index contributed by atoms with van der Waals surface area (Å²) in [4.78, 5) is 19.9. The van der Waals surface area contributed by atoms with E-state index in [0.29, 0.717) is 11.7 Å². The van der Waals surface area contributed by atoms with Crippen LogP contribution in [0.15, 0.2) is 30.0 Å². The quantitative estimate of drug-likeness (QED) is 0.220. The first-order chi connectivity index (χ1) is 15.9. The molecule has 33 heavy (non-hydrogen) atoms. The number of carbonyl (C=O) groups is 1. The van der Waals surface area contributed by atoms with Gasteiger partial charge in [0.15, 0.2) is 0 Å². The molecule has 0 saturated carbocycles. The Morgan fingerprint density at radius 3 is 2.52 bits per heavy atom. The van der Waals surface area contributed by atoms with E-state index in [1.54, 1.807) is 11.1 Å². The maximum absolute atomic E-state index is 13.1. The van der Waals surface area contributed by atoms with Crippen molar-refractivity contribution >= 4 is 52.7 Å². The summed E-state index contributed by atoms with van der Waals surface area (Å²) >= 11 is 2.21. The molecule has 0 unspecified atom stereocenters. The molecule has 0 amide bonds. The number of rotatable bonds is 6. The van der Waals surface area contributed by atoms with E-state index in [0.717, 1.165) is 63.1 Å². The minimum absolute atomic E-state index is 0.136. The molecule has 0 aliphatic carbocycles. The number of halogens is 1. The Kier molecular flexibility index (Phi) is 7.89. The zero-order valence-corrected chi connectivity index (χ0v) is 22.4. The molecule has 7 nitrogen and oxygen atoms in total. The molecular weight excluding hydrogens is 549 g/mol. The van der Waals surface area contributed by atoms with Gasteiger partial charge in [-0.25, -0.2) is 0 Å². The predicted octanol–water partition coefficient (Wildman–Crippen LogP) is 4.25. The first-order valence-corrected chi connectivity index (χ1v) is 14.6. The van der Waals surface area contributed by atoms with Gasteiger partial charge in [-0.3, -0.25) is 13.7 Å². The van der Waals surface area contributed by atoms with Gasteiger partial charge in [-0.1, -0.05) is 0 Å². The second-order valence-corrected chi connectivity index (χ2v) is 10.6. The Morgan fingerprint density at radius 1 is 1.21 bits per heavy atom. The summed E-state index contributed by atoms with van der Waals surface area (Å²) in [7, 11) is 5.09. The minimum Gasteiger partial charge on any atom is -0.382 e. The van der Waals surface area contributed by atoms with Crippen molar-refractivity contribution in [1.29, 1.82) is 5.26 Å². The van der Waals surface area contributed by atoms with Crippen LogP contribution >= 0.6 is 30.3 Å². The number of nitrogens with zero attached hydrogens (tertiary/aromatic N) is 5. The molecule has 176 valence electrons. The maximum Gasteiger partial charge on any atom is 0.222 e. The number of benzene rings is 1. The number of morpholine rings is 1. The number of fused-ring (bicyclic) bond motifs is 1. The molecular formula is C24H30IN5O2S. The summed E-state index contributed by atoms with van der Waals surface area (Å²) in [5, 5.41) is 10.5. The van der Waals surface area contributed by atoms with Gasteiger partial charge in [0, 0.05) is 93.9 Å². The maximum atomic E-state index is 13.1. The summed E-state index contributed by atoms with van der Waals surface area (Å²) in [6.45, 7) is 7.98. The standard InChI is InChI=1S/C24H30IN5O2S/c1-17-12-18-13-23(24(31)19(15-26)16-27(2)3)30(33-25)22(18)14-21(17)29-6-4-20(5-7-29)28-8-10-32-11-9-28/h12-14,16,20H,4-11H2,1-3H3/b19-16+. The second kappa shape index (κ2) is 10.7. The van der Waals surface area contributed by atoms with Gasteiger partial charge in [0.2, 0.25) is 5.78 Å². The molecule has 2 aromatic rings. The van der Waals surface area contributed by atoms with Crippen molar-refractivity contribution in [3.63, 3.8) is 0 Å². The van der Waals surface area contributed by atoms with Crippen LogP contribution < -0.4 is 4.90 Å². The lowest BCUT2D eigenvalue weighted by Crippen LogP contribution is -2.49. The molecule has 2 aliphatic heterocycles. The Hall–Kier alpha value is -1.74. The van der Waals surface area contributed by atoms with E-state index in [9.17, 15) is 10.1 Å². The first kappa shape index (κ1) is 24.4. The minimum atomic E-state index is -0.253. The SMILES string of the molecule is Cc1cc2cc(C(=O)/C(C#N)=C/N(C)C)n(SI)c2cc1N1CCC(N2CCOCC2)CC1. The molecule has 1 aromatic heterocycles. The average molecular weight is 580 g/mol. The van der Waals surface area contributed by atoms with E-state index in [1.807, 2.05) is 24.1 Å². The molecule has 0 atom stereocenters. The van der Waals surface area contributed by atoms with Gasteiger partial charge >= 0.3 is 0 Å². The van der Waals surface area contributed by atoms with Crippen molar-refractivity contribution in [2.45, 2.75) is 25.8 Å². The number of aromatic nitrogens is 1. The van der Waals surface area contributed by atoms with Crippen LogP contribution in [0.25, 0.3) is 10.9 Å². The van der Waals surface area contributed by atoms with Crippen molar-refractivity contribution in [1.82, 2.24) is 13.8 Å². The lowest BCUT2D eigenvalue weighted by atomic mass is 10.0. The van der Waals surface area contributed by atoms with Crippen LogP contribution in [-0.2, 0) is 4.74 Å². The fourth-order valence-electron chi connectivity index (χ4n) is 4.86. The van der Waals surface area contributed by atoms with Crippen LogP contribution in [0.5, 0.6) is 0 Å². The van der Waals surface area contributed by atoms with Gasteiger partial charge < -0.3 is 14.5 Å². The van der Waals surface area contributed by atoms with Crippen LogP contribution in [0.2, 0.25) is 0 Å². The van der Waals surface area contributed by atoms with Crippen molar-refractivity contribution in [2.75, 3.05) is 58.4 Å². The zero-order chi connectivity index (χ0) is 23.5. The molecule has 0 spiro atoms. The van der Waals surface area contributed by atoms with E-state index < -0.39 is 0 Å². The second-order valence-electron chi connectivity index (χ2n) is 8.90. The molecule has 3 heterocycles. The number of carbonyl (C=O) groups excluding carboxylic acids is 1. The summed E-state index contributed by atoms with van der Waals surface area (Å²) in [6, 6.07) is 8.98. The monoisotopic (exact) mass is 579 g/mol. The predicted molar refractivity (Wildman–Crippen MR) is 143 cm³/mol. The van der Waals surface area contributed by atoms with Gasteiger partial charge in [0.25, 0.3) is 0 Å². The van der Waals surface area contributed by atoms with E-state index >= 15 is 0 Å². The molecule has 0 radical (unpaired) electrons. The summed E-state index contributed by atoms with van der Waals surface area (Å²) < 4.78 is 7.46. The number of allylic oxidation sites excluding steroid dienone is 1. The number of nitriles is 1. The van der Waals surface area contributed by atoms with Crippen molar-refractivity contribution < 1.29 is 9.53 Å². The van der Waals surface area contributed by atoms with Crippen LogP contribution in [0.3, 0.4) is 0 Å². The lowest BCUT2D eigenvalue weighted by molar-refractivity contribution is 0.0115. The number of aryl methyl sites for hydroxylation is 1. The Morgan fingerprint density at radius 2 is 1.91 bits per heavy atom. The van der Waals surface area contributed by atoms with E-state index in [4.69, 9.17) is 4.74 Å². The fourth-order valence-corrected chi connectivity index (χ4v) is 6.57. The van der Waals surface area contributed by atoms with E-state index in [-0.39, 0.29) is 11.4 Å². The lowest BCUT2D eigenvalue weighted by Gasteiger charge is -2.41. The molecule has 2 aliphatic rings. The first-order valence-electron chi connectivity index (χ1n) is 11.3. The van der Waals surface area contributed by atoms with E-state index in [1.165, 1.54) is 20.4 Å². The van der Waals surface area contributed by atoms with Crippen LogP contribution in [0.4, 0.5) is 5.69 Å². The molecule has 1 aromatic carbocycles. The van der Waals surface area contributed by atoms with Crippen molar-refractivity contribution in [2.24, 2.45) is 0 Å². The number of ether oxygens (including phenoxy) is 1. The number of anilines is 1. The highest BCUT2D eigenvalue weighted by atomic mass is 127. The summed E-state index contributed by atoms with van der Waals surface area (Å²) in [6.07, 6.45) is 3.89. The van der Waals surface area contributed by atoms with Crippen LogP contribution in [0, 0.1) is 18.3 Å². The van der Waals surface area contributed by atoms with Gasteiger partial charge in [-0.15, -0.1) is 0 Å².